The van der Waals surface area contributed by atoms with Gasteiger partial charge in [0.25, 0.3) is 5.56 Å². The van der Waals surface area contributed by atoms with Crippen molar-refractivity contribution >= 4 is 0 Å². The Balaban J connectivity index is 2.26. The zero-order valence-corrected chi connectivity index (χ0v) is 8.40. The molecule has 2 heterocycles. The van der Waals surface area contributed by atoms with Gasteiger partial charge >= 0.3 is 0 Å². The van der Waals surface area contributed by atoms with Gasteiger partial charge in [0, 0.05) is 31.5 Å². The highest BCUT2D eigenvalue weighted by Crippen LogP contribution is 2.18. The lowest BCUT2D eigenvalue weighted by Gasteiger charge is -2.24. The minimum absolute atomic E-state index is 0.108. The van der Waals surface area contributed by atoms with Crippen molar-refractivity contribution in [1.82, 2.24) is 4.57 Å². The van der Waals surface area contributed by atoms with Crippen LogP contribution in [0.15, 0.2) is 23.1 Å². The Kier molecular flexibility index (Phi) is 2.68. The van der Waals surface area contributed by atoms with Gasteiger partial charge in [0.1, 0.15) is 0 Å². The fourth-order valence-electron chi connectivity index (χ4n) is 1.85. The molecule has 0 aromatic carbocycles. The Morgan fingerprint density at radius 1 is 1.43 bits per heavy atom. The van der Waals surface area contributed by atoms with Gasteiger partial charge in [-0.2, -0.15) is 0 Å². The van der Waals surface area contributed by atoms with Crippen LogP contribution in [0, 0.1) is 6.92 Å². The summed E-state index contributed by atoms with van der Waals surface area (Å²) in [7, 11) is 0. The molecule has 1 aromatic rings. The molecule has 1 fully saturated rings. The molecule has 3 heteroatoms. The normalized spacial score (nSPS) is 18.4. The second kappa shape index (κ2) is 3.96. The summed E-state index contributed by atoms with van der Waals surface area (Å²) in [6.45, 7) is 3.48. The van der Waals surface area contributed by atoms with Gasteiger partial charge in [-0.1, -0.05) is 0 Å². The highest BCUT2D eigenvalue weighted by Gasteiger charge is 2.15. The van der Waals surface area contributed by atoms with E-state index in [1.165, 1.54) is 0 Å². The first-order valence-corrected chi connectivity index (χ1v) is 5.04. The first kappa shape index (κ1) is 9.46. The van der Waals surface area contributed by atoms with Gasteiger partial charge in [-0.05, 0) is 31.4 Å². The lowest BCUT2D eigenvalue weighted by atomic mass is 10.1. The Labute approximate surface area is 83.3 Å². The van der Waals surface area contributed by atoms with Gasteiger partial charge < -0.3 is 9.30 Å². The Bertz CT molecular complexity index is 364. The third kappa shape index (κ3) is 1.87. The molecule has 0 spiro atoms. The molecule has 1 aliphatic heterocycles. The van der Waals surface area contributed by atoms with Crippen molar-refractivity contribution in [3.05, 3.63) is 34.2 Å². The molecule has 0 saturated carbocycles. The third-order valence-electron chi connectivity index (χ3n) is 2.69. The van der Waals surface area contributed by atoms with Crippen LogP contribution in [0.4, 0.5) is 0 Å². The zero-order valence-electron chi connectivity index (χ0n) is 8.40. The van der Waals surface area contributed by atoms with E-state index in [2.05, 4.69) is 0 Å². The molecule has 2 rings (SSSR count). The lowest BCUT2D eigenvalue weighted by Crippen LogP contribution is -2.28. The van der Waals surface area contributed by atoms with E-state index in [4.69, 9.17) is 4.74 Å². The second-order valence-corrected chi connectivity index (χ2v) is 3.79. The number of hydrogen-bond donors (Lipinski definition) is 0. The molecule has 0 amide bonds. The molecule has 0 N–H and O–H groups in total. The number of hydrogen-bond acceptors (Lipinski definition) is 2. The predicted octanol–water partition coefficient (Wildman–Crippen LogP) is 1.51. The van der Waals surface area contributed by atoms with Gasteiger partial charge in [0.15, 0.2) is 0 Å². The van der Waals surface area contributed by atoms with Crippen LogP contribution < -0.4 is 5.56 Å². The minimum atomic E-state index is 0.108. The molecular formula is C11H15NO2. The molecule has 0 unspecified atom stereocenters. The van der Waals surface area contributed by atoms with Crippen molar-refractivity contribution in [2.45, 2.75) is 25.8 Å². The summed E-state index contributed by atoms with van der Waals surface area (Å²) in [5.74, 6) is 0. The van der Waals surface area contributed by atoms with Crippen LogP contribution in [-0.2, 0) is 4.74 Å². The van der Waals surface area contributed by atoms with Crippen LogP contribution in [0.1, 0.15) is 24.4 Å². The molecule has 1 aliphatic rings. The first-order chi connectivity index (χ1) is 6.77. The number of pyridine rings is 1. The molecule has 0 aliphatic carbocycles. The van der Waals surface area contributed by atoms with Crippen molar-refractivity contribution in [2.75, 3.05) is 13.2 Å². The van der Waals surface area contributed by atoms with E-state index >= 15 is 0 Å². The highest BCUT2D eigenvalue weighted by atomic mass is 16.5. The molecule has 3 nitrogen and oxygen atoms in total. The molecule has 1 saturated heterocycles. The monoisotopic (exact) mass is 193 g/mol. The van der Waals surface area contributed by atoms with E-state index in [0.29, 0.717) is 6.04 Å². The molecule has 1 aromatic heterocycles. The summed E-state index contributed by atoms with van der Waals surface area (Å²) in [5.41, 5.74) is 1.13. The van der Waals surface area contributed by atoms with Crippen molar-refractivity contribution in [3.63, 3.8) is 0 Å². The van der Waals surface area contributed by atoms with Crippen LogP contribution in [0.2, 0.25) is 0 Å². The molecular weight excluding hydrogens is 178 g/mol. The maximum atomic E-state index is 11.7. The summed E-state index contributed by atoms with van der Waals surface area (Å²) in [5, 5.41) is 0. The van der Waals surface area contributed by atoms with Crippen LogP contribution in [0.25, 0.3) is 0 Å². The summed E-state index contributed by atoms with van der Waals surface area (Å²) in [6.07, 6.45) is 3.79. The number of aromatic nitrogens is 1. The Morgan fingerprint density at radius 3 is 2.79 bits per heavy atom. The van der Waals surface area contributed by atoms with E-state index in [0.717, 1.165) is 31.6 Å². The van der Waals surface area contributed by atoms with Crippen molar-refractivity contribution in [1.29, 1.82) is 0 Å². The zero-order chi connectivity index (χ0) is 9.97. The Morgan fingerprint density at radius 2 is 2.14 bits per heavy atom. The standard InChI is InChI=1S/C11H15NO2/c1-9-2-5-12(11(13)8-9)10-3-6-14-7-4-10/h2,5,8,10H,3-4,6-7H2,1H3. The van der Waals surface area contributed by atoms with Crippen LogP contribution in [-0.4, -0.2) is 17.8 Å². The average Bonchev–Trinajstić information content (AvgIpc) is 2.19. The largest absolute Gasteiger partial charge is 0.381 e. The number of rotatable bonds is 1. The van der Waals surface area contributed by atoms with E-state index in [1.54, 1.807) is 6.07 Å². The van der Waals surface area contributed by atoms with Gasteiger partial charge in [0.05, 0.1) is 0 Å². The van der Waals surface area contributed by atoms with Crippen LogP contribution in [0.5, 0.6) is 0 Å². The van der Waals surface area contributed by atoms with Gasteiger partial charge in [0.2, 0.25) is 0 Å². The molecule has 76 valence electrons. The van der Waals surface area contributed by atoms with Crippen LogP contribution in [0.3, 0.4) is 0 Å². The predicted molar refractivity (Wildman–Crippen MR) is 54.5 cm³/mol. The third-order valence-corrected chi connectivity index (χ3v) is 2.69. The lowest BCUT2D eigenvalue weighted by molar-refractivity contribution is 0.0686. The van der Waals surface area contributed by atoms with Crippen LogP contribution >= 0.6 is 0 Å². The summed E-state index contributed by atoms with van der Waals surface area (Å²) in [4.78, 5) is 11.7. The Hall–Kier alpha value is -1.09. The number of nitrogens with zero attached hydrogens (tertiary/aromatic N) is 1. The summed E-state index contributed by atoms with van der Waals surface area (Å²) >= 11 is 0. The molecule has 0 atom stereocenters. The summed E-state index contributed by atoms with van der Waals surface area (Å²) in [6, 6.07) is 4.00. The average molecular weight is 193 g/mol. The van der Waals surface area contributed by atoms with Gasteiger partial charge in [-0.25, -0.2) is 0 Å². The quantitative estimate of drug-likeness (QED) is 0.677. The fraction of sp³-hybridized carbons (Fsp3) is 0.545. The number of ether oxygens (including phenoxy) is 1. The van der Waals surface area contributed by atoms with E-state index in [-0.39, 0.29) is 5.56 Å². The molecule has 14 heavy (non-hydrogen) atoms. The topological polar surface area (TPSA) is 31.2 Å². The second-order valence-electron chi connectivity index (χ2n) is 3.79. The summed E-state index contributed by atoms with van der Waals surface area (Å²) < 4.78 is 7.10. The fourth-order valence-corrected chi connectivity index (χ4v) is 1.85. The van der Waals surface area contributed by atoms with Crippen molar-refractivity contribution in [2.24, 2.45) is 0 Å². The van der Waals surface area contributed by atoms with E-state index in [1.807, 2.05) is 23.8 Å². The van der Waals surface area contributed by atoms with Crippen molar-refractivity contribution < 1.29 is 4.74 Å². The number of aryl methyl sites for hydroxylation is 1. The smallest absolute Gasteiger partial charge is 0.251 e. The van der Waals surface area contributed by atoms with E-state index < -0.39 is 0 Å². The highest BCUT2D eigenvalue weighted by molar-refractivity contribution is 5.08. The maximum Gasteiger partial charge on any atom is 0.251 e. The first-order valence-electron chi connectivity index (χ1n) is 5.04. The molecule has 0 bridgehead atoms. The SMILES string of the molecule is Cc1ccn(C2CCOCC2)c(=O)c1. The minimum Gasteiger partial charge on any atom is -0.381 e. The van der Waals surface area contributed by atoms with Gasteiger partial charge in [-0.15, -0.1) is 0 Å². The van der Waals surface area contributed by atoms with Gasteiger partial charge in [-0.3, -0.25) is 4.79 Å². The molecule has 0 radical (unpaired) electrons. The van der Waals surface area contributed by atoms with Crippen molar-refractivity contribution in [3.8, 4) is 0 Å². The van der Waals surface area contributed by atoms with E-state index in [9.17, 15) is 4.79 Å². The maximum absolute atomic E-state index is 11.7.